The SMILES string of the molecule is C.CN(C)C(=O)CCNCCNc1ccc(Cl)c(C(=O)NCC23CCCC(CCC2)C3)c1. The zero-order valence-electron chi connectivity index (χ0n) is 18.9. The second kappa shape index (κ2) is 12.4. The summed E-state index contributed by atoms with van der Waals surface area (Å²) in [4.78, 5) is 26.0. The molecule has 0 spiro atoms. The molecular formula is C25H41ClN4O2. The summed E-state index contributed by atoms with van der Waals surface area (Å²) in [5.41, 5.74) is 1.68. The first-order chi connectivity index (χ1) is 14.9. The van der Waals surface area contributed by atoms with Crippen LogP contribution in [0.25, 0.3) is 0 Å². The van der Waals surface area contributed by atoms with E-state index in [2.05, 4.69) is 16.0 Å². The molecule has 2 saturated carbocycles. The first-order valence-corrected chi connectivity index (χ1v) is 12.0. The van der Waals surface area contributed by atoms with Crippen molar-refractivity contribution in [3.63, 3.8) is 0 Å². The highest BCUT2D eigenvalue weighted by Crippen LogP contribution is 2.48. The van der Waals surface area contributed by atoms with Crippen molar-refractivity contribution in [3.8, 4) is 0 Å². The summed E-state index contributed by atoms with van der Waals surface area (Å²) in [7, 11) is 3.53. The number of amides is 2. The average molecular weight is 465 g/mol. The maximum absolute atomic E-state index is 12.9. The quantitative estimate of drug-likeness (QED) is 0.444. The minimum atomic E-state index is -0.0870. The lowest BCUT2D eigenvalue weighted by Crippen LogP contribution is -2.43. The van der Waals surface area contributed by atoms with Crippen LogP contribution in [0.2, 0.25) is 5.02 Å². The van der Waals surface area contributed by atoms with Gasteiger partial charge in [-0.3, -0.25) is 9.59 Å². The molecule has 0 heterocycles. The molecule has 0 atom stereocenters. The Hall–Kier alpha value is -1.79. The molecule has 2 amide bonds. The Morgan fingerprint density at radius 2 is 1.84 bits per heavy atom. The number of hydrogen-bond donors (Lipinski definition) is 3. The first-order valence-electron chi connectivity index (χ1n) is 11.6. The molecule has 2 bridgehead atoms. The van der Waals surface area contributed by atoms with Crippen molar-refractivity contribution in [1.29, 1.82) is 0 Å². The largest absolute Gasteiger partial charge is 0.384 e. The van der Waals surface area contributed by atoms with Crippen molar-refractivity contribution in [3.05, 3.63) is 28.8 Å². The topological polar surface area (TPSA) is 73.5 Å². The summed E-state index contributed by atoms with van der Waals surface area (Å²) in [6.45, 7) is 2.83. The molecule has 2 aliphatic carbocycles. The van der Waals surface area contributed by atoms with Crippen LogP contribution in [0.5, 0.6) is 0 Å². The van der Waals surface area contributed by atoms with E-state index in [1.165, 1.54) is 44.9 Å². The molecule has 2 aliphatic rings. The maximum Gasteiger partial charge on any atom is 0.252 e. The molecule has 0 aliphatic heterocycles. The van der Waals surface area contributed by atoms with Gasteiger partial charge >= 0.3 is 0 Å². The minimum Gasteiger partial charge on any atom is -0.384 e. The molecule has 32 heavy (non-hydrogen) atoms. The number of benzene rings is 1. The second-order valence-corrected chi connectivity index (χ2v) is 9.85. The van der Waals surface area contributed by atoms with Gasteiger partial charge in [-0.1, -0.05) is 44.7 Å². The predicted octanol–water partition coefficient (Wildman–Crippen LogP) is 4.55. The fraction of sp³-hybridized carbons (Fsp3) is 0.680. The van der Waals surface area contributed by atoms with E-state index in [0.29, 0.717) is 35.5 Å². The summed E-state index contributed by atoms with van der Waals surface area (Å²) in [6, 6.07) is 5.49. The lowest BCUT2D eigenvalue weighted by atomic mass is 9.62. The van der Waals surface area contributed by atoms with E-state index in [9.17, 15) is 9.59 Å². The van der Waals surface area contributed by atoms with E-state index in [-0.39, 0.29) is 19.2 Å². The third kappa shape index (κ3) is 7.38. The number of hydrogen-bond acceptors (Lipinski definition) is 4. The molecule has 3 N–H and O–H groups in total. The molecule has 180 valence electrons. The molecular weight excluding hydrogens is 424 g/mol. The Morgan fingerprint density at radius 1 is 1.12 bits per heavy atom. The Labute approximate surface area is 198 Å². The van der Waals surface area contributed by atoms with Crippen LogP contribution in [0.15, 0.2) is 18.2 Å². The van der Waals surface area contributed by atoms with Crippen molar-refractivity contribution < 1.29 is 9.59 Å². The molecule has 0 unspecified atom stereocenters. The van der Waals surface area contributed by atoms with Crippen molar-refractivity contribution >= 4 is 29.1 Å². The fourth-order valence-electron chi connectivity index (χ4n) is 5.08. The summed E-state index contributed by atoms with van der Waals surface area (Å²) in [6.07, 6.45) is 9.50. The number of anilines is 1. The number of rotatable bonds is 10. The van der Waals surface area contributed by atoms with Crippen molar-refractivity contribution in [2.75, 3.05) is 45.6 Å². The van der Waals surface area contributed by atoms with Gasteiger partial charge in [0.15, 0.2) is 0 Å². The summed E-state index contributed by atoms with van der Waals surface area (Å²) >= 11 is 6.34. The summed E-state index contributed by atoms with van der Waals surface area (Å²) in [5, 5.41) is 10.2. The number of fused-ring (bicyclic) bond motifs is 2. The maximum atomic E-state index is 12.9. The van der Waals surface area contributed by atoms with Gasteiger partial charge in [0, 0.05) is 52.4 Å². The van der Waals surface area contributed by atoms with Gasteiger partial charge in [0.25, 0.3) is 5.91 Å². The molecule has 1 aromatic carbocycles. The smallest absolute Gasteiger partial charge is 0.252 e. The Kier molecular flexibility index (Phi) is 10.3. The molecule has 0 aromatic heterocycles. The first kappa shape index (κ1) is 26.5. The molecule has 3 rings (SSSR count). The van der Waals surface area contributed by atoms with Gasteiger partial charge in [-0.15, -0.1) is 0 Å². The van der Waals surface area contributed by atoms with E-state index >= 15 is 0 Å². The van der Waals surface area contributed by atoms with Gasteiger partial charge in [0.2, 0.25) is 5.91 Å². The minimum absolute atomic E-state index is 0. The number of nitrogens with one attached hydrogen (secondary N) is 3. The molecule has 6 nitrogen and oxygen atoms in total. The van der Waals surface area contributed by atoms with Crippen LogP contribution in [0.4, 0.5) is 5.69 Å². The van der Waals surface area contributed by atoms with Crippen LogP contribution in [-0.4, -0.2) is 57.0 Å². The van der Waals surface area contributed by atoms with E-state index in [1.54, 1.807) is 25.1 Å². The van der Waals surface area contributed by atoms with Gasteiger partial charge in [-0.25, -0.2) is 0 Å². The second-order valence-electron chi connectivity index (χ2n) is 9.45. The molecule has 1 aromatic rings. The lowest BCUT2D eigenvalue weighted by Gasteiger charge is -2.45. The average Bonchev–Trinajstić information content (AvgIpc) is 2.75. The van der Waals surface area contributed by atoms with Gasteiger partial charge in [-0.2, -0.15) is 0 Å². The Morgan fingerprint density at radius 3 is 2.53 bits per heavy atom. The predicted molar refractivity (Wildman–Crippen MR) is 133 cm³/mol. The van der Waals surface area contributed by atoms with E-state index in [1.807, 2.05) is 12.1 Å². The van der Waals surface area contributed by atoms with Gasteiger partial charge in [0.1, 0.15) is 0 Å². The third-order valence-electron chi connectivity index (χ3n) is 6.84. The van der Waals surface area contributed by atoms with Crippen molar-refractivity contribution in [1.82, 2.24) is 15.5 Å². The standard InChI is InChI=1S/C24H37ClN4O2.CH4/c1-29(2)22(30)9-12-26-13-14-27-19-7-8-21(25)20(15-19)23(31)28-17-24-10-3-5-18(16-24)6-4-11-24;/h7-8,15,18,26-27H,3-6,9-14,16-17H2,1-2H3,(H,28,31);1H4. The highest BCUT2D eigenvalue weighted by molar-refractivity contribution is 6.34. The highest BCUT2D eigenvalue weighted by Gasteiger charge is 2.39. The van der Waals surface area contributed by atoms with Crippen LogP contribution >= 0.6 is 11.6 Å². The summed E-state index contributed by atoms with van der Waals surface area (Å²) < 4.78 is 0. The van der Waals surface area contributed by atoms with Crippen LogP contribution in [0.1, 0.15) is 69.2 Å². The van der Waals surface area contributed by atoms with E-state index < -0.39 is 0 Å². The van der Waals surface area contributed by atoms with Crippen LogP contribution in [0, 0.1) is 11.3 Å². The van der Waals surface area contributed by atoms with Gasteiger partial charge in [0.05, 0.1) is 10.6 Å². The summed E-state index contributed by atoms with van der Waals surface area (Å²) in [5.74, 6) is 0.881. The number of nitrogens with zero attached hydrogens (tertiary/aromatic N) is 1. The van der Waals surface area contributed by atoms with Crippen LogP contribution < -0.4 is 16.0 Å². The molecule has 0 saturated heterocycles. The number of carbonyl (C=O) groups excluding carboxylic acids is 2. The fourth-order valence-corrected chi connectivity index (χ4v) is 5.29. The number of halogens is 1. The van der Waals surface area contributed by atoms with Gasteiger partial charge < -0.3 is 20.9 Å². The van der Waals surface area contributed by atoms with E-state index in [4.69, 9.17) is 11.6 Å². The zero-order valence-corrected chi connectivity index (χ0v) is 19.7. The normalized spacial score (nSPS) is 21.9. The number of carbonyl (C=O) groups is 2. The molecule has 0 radical (unpaired) electrons. The van der Waals surface area contributed by atoms with E-state index in [0.717, 1.165) is 24.7 Å². The lowest BCUT2D eigenvalue weighted by molar-refractivity contribution is -0.128. The molecule has 7 heteroatoms. The highest BCUT2D eigenvalue weighted by atomic mass is 35.5. The zero-order chi connectivity index (χ0) is 22.3. The van der Waals surface area contributed by atoms with Crippen molar-refractivity contribution in [2.45, 2.75) is 58.8 Å². The Balaban J connectivity index is 0.00000363. The molecule has 2 fully saturated rings. The Bertz CT molecular complexity index is 758. The van der Waals surface area contributed by atoms with Crippen LogP contribution in [-0.2, 0) is 4.79 Å². The van der Waals surface area contributed by atoms with Crippen LogP contribution in [0.3, 0.4) is 0 Å². The third-order valence-corrected chi connectivity index (χ3v) is 7.17. The van der Waals surface area contributed by atoms with Crippen molar-refractivity contribution in [2.24, 2.45) is 11.3 Å². The monoisotopic (exact) mass is 464 g/mol. The van der Waals surface area contributed by atoms with Gasteiger partial charge in [-0.05, 0) is 48.8 Å².